The number of aromatic nitrogens is 1. The Morgan fingerprint density at radius 3 is 2.73 bits per heavy atom. The van der Waals surface area contributed by atoms with Crippen molar-refractivity contribution in [2.24, 2.45) is 5.10 Å². The maximum atomic E-state index is 6.07. The summed E-state index contributed by atoms with van der Waals surface area (Å²) in [5.74, 6) is 0. The number of thiazole rings is 1. The van der Waals surface area contributed by atoms with Gasteiger partial charge in [0.15, 0.2) is 0 Å². The first-order chi connectivity index (χ1) is 10.7. The van der Waals surface area contributed by atoms with E-state index in [-0.39, 0.29) is 0 Å². The molecule has 0 amide bonds. The van der Waals surface area contributed by atoms with Crippen molar-refractivity contribution in [3.8, 4) is 0 Å². The minimum absolute atomic E-state index is 0.528. The van der Waals surface area contributed by atoms with E-state index >= 15 is 0 Å². The van der Waals surface area contributed by atoms with Crippen molar-refractivity contribution in [1.29, 1.82) is 0 Å². The van der Waals surface area contributed by atoms with Crippen LogP contribution in [0.25, 0.3) is 10.2 Å². The Labute approximate surface area is 142 Å². The van der Waals surface area contributed by atoms with Gasteiger partial charge in [0.2, 0.25) is 5.13 Å². The Balaban J connectivity index is 1.86. The SMILES string of the molecule is CC/C(=N\Nc1nc2ccccc2s1)c1ccc(Cl)c(Cl)c1. The quantitative estimate of drug-likeness (QED) is 0.475. The van der Waals surface area contributed by atoms with Crippen LogP contribution in [0.3, 0.4) is 0 Å². The van der Waals surface area contributed by atoms with Crippen LogP contribution in [0.2, 0.25) is 10.0 Å². The van der Waals surface area contributed by atoms with Crippen molar-refractivity contribution in [1.82, 2.24) is 4.98 Å². The molecule has 0 aliphatic carbocycles. The number of halogens is 2. The van der Waals surface area contributed by atoms with Crippen LogP contribution in [0, 0.1) is 0 Å². The van der Waals surface area contributed by atoms with Crippen LogP contribution in [0.15, 0.2) is 47.6 Å². The van der Waals surface area contributed by atoms with Gasteiger partial charge in [-0.2, -0.15) is 5.10 Å². The number of hydrazone groups is 1. The lowest BCUT2D eigenvalue weighted by molar-refractivity contribution is 1.21. The van der Waals surface area contributed by atoms with Crippen molar-refractivity contribution < 1.29 is 0 Å². The molecule has 0 radical (unpaired) electrons. The zero-order valence-electron chi connectivity index (χ0n) is 11.8. The van der Waals surface area contributed by atoms with E-state index in [1.54, 1.807) is 17.4 Å². The first-order valence-electron chi connectivity index (χ1n) is 6.81. The highest BCUT2D eigenvalue weighted by Gasteiger charge is 2.06. The van der Waals surface area contributed by atoms with Crippen molar-refractivity contribution in [3.63, 3.8) is 0 Å². The predicted octanol–water partition coefficient (Wildman–Crippen LogP) is 5.83. The van der Waals surface area contributed by atoms with Crippen LogP contribution < -0.4 is 5.43 Å². The maximum absolute atomic E-state index is 6.07. The molecule has 0 saturated heterocycles. The third-order valence-corrected chi connectivity index (χ3v) is 4.85. The van der Waals surface area contributed by atoms with E-state index in [0.29, 0.717) is 10.0 Å². The Bertz CT molecular complexity index is 809. The summed E-state index contributed by atoms with van der Waals surface area (Å²) in [5, 5.41) is 6.30. The molecular formula is C16H13Cl2N3S. The molecule has 0 aliphatic heterocycles. The second-order valence-corrected chi connectivity index (χ2v) is 6.48. The molecule has 0 spiro atoms. The highest BCUT2D eigenvalue weighted by Crippen LogP contribution is 2.26. The van der Waals surface area contributed by atoms with Gasteiger partial charge >= 0.3 is 0 Å². The van der Waals surface area contributed by atoms with Crippen LogP contribution in [0.1, 0.15) is 18.9 Å². The van der Waals surface area contributed by atoms with Crippen molar-refractivity contribution in [2.75, 3.05) is 5.43 Å². The first-order valence-corrected chi connectivity index (χ1v) is 8.38. The third kappa shape index (κ3) is 3.24. The van der Waals surface area contributed by atoms with Crippen LogP contribution in [0.4, 0.5) is 5.13 Å². The number of anilines is 1. The van der Waals surface area contributed by atoms with Gasteiger partial charge < -0.3 is 0 Å². The van der Waals surface area contributed by atoms with Gasteiger partial charge in [0.1, 0.15) is 0 Å². The number of fused-ring (bicyclic) bond motifs is 1. The Hall–Kier alpha value is -1.62. The number of para-hydroxylation sites is 1. The summed E-state index contributed by atoms with van der Waals surface area (Å²) in [7, 11) is 0. The van der Waals surface area contributed by atoms with Gasteiger partial charge in [0.05, 0.1) is 26.0 Å². The number of rotatable bonds is 4. The molecule has 1 N–H and O–H groups in total. The molecule has 22 heavy (non-hydrogen) atoms. The van der Waals surface area contributed by atoms with Gasteiger partial charge in [-0.15, -0.1) is 0 Å². The zero-order valence-corrected chi connectivity index (χ0v) is 14.1. The number of nitrogens with one attached hydrogen (secondary N) is 1. The number of nitrogens with zero attached hydrogens (tertiary/aromatic N) is 2. The molecule has 0 saturated carbocycles. The van der Waals surface area contributed by atoms with E-state index < -0.39 is 0 Å². The second kappa shape index (κ2) is 6.65. The molecule has 6 heteroatoms. The lowest BCUT2D eigenvalue weighted by Crippen LogP contribution is -2.03. The summed E-state index contributed by atoms with van der Waals surface area (Å²) in [6.45, 7) is 2.04. The van der Waals surface area contributed by atoms with Gasteiger partial charge in [-0.1, -0.05) is 59.7 Å². The van der Waals surface area contributed by atoms with Crippen molar-refractivity contribution in [2.45, 2.75) is 13.3 Å². The predicted molar refractivity (Wildman–Crippen MR) is 96.5 cm³/mol. The van der Waals surface area contributed by atoms with E-state index in [9.17, 15) is 0 Å². The fraction of sp³-hybridized carbons (Fsp3) is 0.125. The topological polar surface area (TPSA) is 37.3 Å². The number of hydrogen-bond acceptors (Lipinski definition) is 4. The number of hydrogen-bond donors (Lipinski definition) is 1. The minimum Gasteiger partial charge on any atom is -0.252 e. The van der Waals surface area contributed by atoms with E-state index in [1.165, 1.54) is 0 Å². The summed E-state index contributed by atoms with van der Waals surface area (Å²) < 4.78 is 1.13. The van der Waals surface area contributed by atoms with E-state index in [1.807, 2.05) is 43.3 Å². The largest absolute Gasteiger partial charge is 0.252 e. The highest BCUT2D eigenvalue weighted by molar-refractivity contribution is 7.22. The normalized spacial score (nSPS) is 11.9. The van der Waals surface area contributed by atoms with Gasteiger partial charge in [-0.25, -0.2) is 4.98 Å². The van der Waals surface area contributed by atoms with Crippen molar-refractivity contribution in [3.05, 3.63) is 58.1 Å². The lowest BCUT2D eigenvalue weighted by Gasteiger charge is -2.05. The maximum Gasteiger partial charge on any atom is 0.204 e. The van der Waals surface area contributed by atoms with Crippen LogP contribution in [0.5, 0.6) is 0 Å². The molecule has 112 valence electrons. The molecule has 3 nitrogen and oxygen atoms in total. The molecular weight excluding hydrogens is 337 g/mol. The second-order valence-electron chi connectivity index (χ2n) is 4.64. The van der Waals surface area contributed by atoms with Crippen molar-refractivity contribution >= 4 is 55.6 Å². The zero-order chi connectivity index (χ0) is 15.5. The molecule has 1 heterocycles. The average molecular weight is 350 g/mol. The monoisotopic (exact) mass is 349 g/mol. The van der Waals surface area contributed by atoms with Crippen LogP contribution in [-0.2, 0) is 0 Å². The molecule has 0 fully saturated rings. The Morgan fingerprint density at radius 1 is 1.18 bits per heavy atom. The minimum atomic E-state index is 0.528. The summed E-state index contributed by atoms with van der Waals surface area (Å²) in [6.07, 6.45) is 0.774. The molecule has 0 bridgehead atoms. The molecule has 0 atom stereocenters. The first kappa shape index (κ1) is 15.3. The van der Waals surface area contributed by atoms with Crippen LogP contribution in [-0.4, -0.2) is 10.7 Å². The molecule has 0 unspecified atom stereocenters. The lowest BCUT2D eigenvalue weighted by atomic mass is 10.1. The summed E-state index contributed by atoms with van der Waals surface area (Å²) in [6, 6.07) is 13.5. The Kier molecular flexibility index (Phi) is 4.62. The fourth-order valence-corrected chi connectivity index (χ4v) is 3.17. The molecule has 1 aromatic heterocycles. The fourth-order valence-electron chi connectivity index (χ4n) is 2.06. The van der Waals surface area contributed by atoms with Gasteiger partial charge in [-0.3, -0.25) is 5.43 Å². The van der Waals surface area contributed by atoms with Crippen LogP contribution >= 0.6 is 34.5 Å². The smallest absolute Gasteiger partial charge is 0.204 e. The van der Waals surface area contributed by atoms with Gasteiger partial charge in [0, 0.05) is 0 Å². The summed E-state index contributed by atoms with van der Waals surface area (Å²) in [4.78, 5) is 4.50. The Morgan fingerprint density at radius 2 is 2.00 bits per heavy atom. The van der Waals surface area contributed by atoms with E-state index in [4.69, 9.17) is 23.2 Å². The summed E-state index contributed by atoms with van der Waals surface area (Å²) >= 11 is 13.6. The molecule has 2 aromatic carbocycles. The third-order valence-electron chi connectivity index (χ3n) is 3.17. The number of benzene rings is 2. The standard InChI is InChI=1S/C16H13Cl2N3S/c1-2-13(10-7-8-11(17)12(18)9-10)20-21-16-19-14-5-3-4-6-15(14)22-16/h3-9H,2H2,1H3,(H,19,21)/b20-13+. The average Bonchev–Trinajstić information content (AvgIpc) is 2.94. The summed E-state index contributed by atoms with van der Waals surface area (Å²) in [5.41, 5.74) is 5.86. The highest BCUT2D eigenvalue weighted by atomic mass is 35.5. The molecule has 0 aliphatic rings. The van der Waals surface area contributed by atoms with E-state index in [2.05, 4.69) is 15.5 Å². The van der Waals surface area contributed by atoms with Gasteiger partial charge in [-0.05, 0) is 36.2 Å². The van der Waals surface area contributed by atoms with Gasteiger partial charge in [0.25, 0.3) is 0 Å². The molecule has 3 aromatic rings. The molecule has 3 rings (SSSR count). The van der Waals surface area contributed by atoms with E-state index in [0.717, 1.165) is 33.0 Å².